The lowest BCUT2D eigenvalue weighted by Crippen LogP contribution is -2.18. The number of H-pyrrole nitrogens is 1. The summed E-state index contributed by atoms with van der Waals surface area (Å²) < 4.78 is 0. The fourth-order valence-corrected chi connectivity index (χ4v) is 2.34. The molecule has 0 fully saturated rings. The van der Waals surface area contributed by atoms with Crippen LogP contribution in [-0.4, -0.2) is 9.97 Å². The Hall–Kier alpha value is -2.13. The molecule has 3 rings (SSSR count). The van der Waals surface area contributed by atoms with E-state index < -0.39 is 0 Å². The number of benzene rings is 1. The first-order chi connectivity index (χ1) is 9.34. The van der Waals surface area contributed by atoms with E-state index in [1.807, 2.05) is 18.6 Å². The molecule has 0 aliphatic rings. The molecule has 3 heteroatoms. The van der Waals surface area contributed by atoms with Crippen molar-refractivity contribution in [2.45, 2.75) is 19.5 Å². The summed E-state index contributed by atoms with van der Waals surface area (Å²) in [5.74, 6) is 0. The number of nitrogens with one attached hydrogen (secondary N) is 2. The molecule has 1 atom stereocenters. The minimum Gasteiger partial charge on any atom is -0.361 e. The monoisotopic (exact) mass is 251 g/mol. The minimum atomic E-state index is 0.317. The molecule has 0 aliphatic heterocycles. The van der Waals surface area contributed by atoms with Crippen LogP contribution >= 0.6 is 0 Å². The molecule has 2 aromatic heterocycles. The second-order valence-electron chi connectivity index (χ2n) is 4.74. The van der Waals surface area contributed by atoms with E-state index in [2.05, 4.69) is 58.6 Å². The van der Waals surface area contributed by atoms with Crippen molar-refractivity contribution >= 4 is 10.9 Å². The molecule has 0 aliphatic carbocycles. The second kappa shape index (κ2) is 5.24. The number of hydrogen-bond donors (Lipinski definition) is 2. The van der Waals surface area contributed by atoms with Crippen LogP contribution in [0.25, 0.3) is 10.9 Å². The zero-order chi connectivity index (χ0) is 13.1. The summed E-state index contributed by atoms with van der Waals surface area (Å²) in [5, 5.41) is 4.84. The summed E-state index contributed by atoms with van der Waals surface area (Å²) in [5.41, 5.74) is 3.77. The average Bonchev–Trinajstić information content (AvgIpc) is 2.94. The minimum absolute atomic E-state index is 0.317. The van der Waals surface area contributed by atoms with E-state index in [1.54, 1.807) is 0 Å². The summed E-state index contributed by atoms with van der Waals surface area (Å²) in [6.07, 6.45) is 5.65. The van der Waals surface area contributed by atoms with Gasteiger partial charge in [-0.25, -0.2) is 0 Å². The molecule has 1 aromatic carbocycles. The Labute approximate surface area is 112 Å². The fourth-order valence-electron chi connectivity index (χ4n) is 2.34. The standard InChI is InChI=1S/C16H17N3/c1-12(13-5-8-17-9-6-13)19-11-14-3-2-4-16-15(14)7-10-18-16/h2-10,12,18-19H,11H2,1H3/t12-/m0/s1. The smallest absolute Gasteiger partial charge is 0.0457 e. The normalized spacial score (nSPS) is 12.7. The first-order valence-electron chi connectivity index (χ1n) is 6.53. The molecular weight excluding hydrogens is 234 g/mol. The number of hydrogen-bond acceptors (Lipinski definition) is 2. The molecule has 0 amide bonds. The van der Waals surface area contributed by atoms with Crippen molar-refractivity contribution in [3.63, 3.8) is 0 Å². The van der Waals surface area contributed by atoms with Gasteiger partial charge in [0, 0.05) is 42.1 Å². The molecule has 2 heterocycles. The van der Waals surface area contributed by atoms with E-state index in [0.717, 1.165) is 6.54 Å². The number of nitrogens with zero attached hydrogens (tertiary/aromatic N) is 1. The highest BCUT2D eigenvalue weighted by atomic mass is 14.9. The quantitative estimate of drug-likeness (QED) is 0.746. The number of aromatic amines is 1. The van der Waals surface area contributed by atoms with Gasteiger partial charge in [-0.2, -0.15) is 0 Å². The Balaban J connectivity index is 1.74. The number of fused-ring (bicyclic) bond motifs is 1. The van der Waals surface area contributed by atoms with E-state index >= 15 is 0 Å². The van der Waals surface area contributed by atoms with Crippen LogP contribution in [0.4, 0.5) is 0 Å². The lowest BCUT2D eigenvalue weighted by atomic mass is 10.1. The first kappa shape index (κ1) is 11.9. The highest BCUT2D eigenvalue weighted by Crippen LogP contribution is 2.18. The van der Waals surface area contributed by atoms with Crippen LogP contribution in [0.1, 0.15) is 24.1 Å². The van der Waals surface area contributed by atoms with Crippen LogP contribution in [0.5, 0.6) is 0 Å². The van der Waals surface area contributed by atoms with Crippen molar-refractivity contribution in [2.24, 2.45) is 0 Å². The lowest BCUT2D eigenvalue weighted by Gasteiger charge is -2.14. The molecule has 96 valence electrons. The fraction of sp³-hybridized carbons (Fsp3) is 0.188. The maximum atomic E-state index is 4.05. The van der Waals surface area contributed by atoms with Crippen molar-refractivity contribution < 1.29 is 0 Å². The highest BCUT2D eigenvalue weighted by molar-refractivity contribution is 5.82. The average molecular weight is 251 g/mol. The summed E-state index contributed by atoms with van der Waals surface area (Å²) in [4.78, 5) is 7.29. The van der Waals surface area contributed by atoms with Crippen molar-refractivity contribution in [3.8, 4) is 0 Å². The SMILES string of the molecule is C[C@H](NCc1cccc2[nH]ccc12)c1ccncc1. The Bertz CT molecular complexity index is 658. The van der Waals surface area contributed by atoms with Crippen LogP contribution in [0.2, 0.25) is 0 Å². The van der Waals surface area contributed by atoms with E-state index in [1.165, 1.54) is 22.0 Å². The summed E-state index contributed by atoms with van der Waals surface area (Å²) >= 11 is 0. The van der Waals surface area contributed by atoms with Gasteiger partial charge in [0.05, 0.1) is 0 Å². The van der Waals surface area contributed by atoms with Crippen LogP contribution in [0.3, 0.4) is 0 Å². The van der Waals surface area contributed by atoms with Gasteiger partial charge in [-0.1, -0.05) is 12.1 Å². The molecule has 0 bridgehead atoms. The third kappa shape index (κ3) is 2.51. The molecule has 0 spiro atoms. The van der Waals surface area contributed by atoms with Gasteiger partial charge in [0.25, 0.3) is 0 Å². The molecule has 3 nitrogen and oxygen atoms in total. The summed E-state index contributed by atoms with van der Waals surface area (Å²) in [6, 6.07) is 12.9. The van der Waals surface area contributed by atoms with Crippen molar-refractivity contribution in [1.82, 2.24) is 15.3 Å². The molecule has 2 N–H and O–H groups in total. The highest BCUT2D eigenvalue weighted by Gasteiger charge is 2.06. The van der Waals surface area contributed by atoms with Crippen LogP contribution in [0, 0.1) is 0 Å². The van der Waals surface area contributed by atoms with Crippen LogP contribution < -0.4 is 5.32 Å². The molecule has 19 heavy (non-hydrogen) atoms. The zero-order valence-electron chi connectivity index (χ0n) is 10.9. The molecule has 0 saturated carbocycles. The van der Waals surface area contributed by atoms with Gasteiger partial charge in [-0.3, -0.25) is 4.98 Å². The Morgan fingerprint density at radius 3 is 2.84 bits per heavy atom. The number of rotatable bonds is 4. The van der Waals surface area contributed by atoms with Crippen LogP contribution in [0.15, 0.2) is 55.0 Å². The number of aromatic nitrogens is 2. The molecule has 0 radical (unpaired) electrons. The third-order valence-electron chi connectivity index (χ3n) is 3.49. The lowest BCUT2D eigenvalue weighted by molar-refractivity contribution is 0.576. The summed E-state index contributed by atoms with van der Waals surface area (Å²) in [6.45, 7) is 3.03. The van der Waals surface area contributed by atoms with Crippen molar-refractivity contribution in [2.75, 3.05) is 0 Å². The van der Waals surface area contributed by atoms with Gasteiger partial charge in [0.2, 0.25) is 0 Å². The molecule has 3 aromatic rings. The van der Waals surface area contributed by atoms with E-state index in [-0.39, 0.29) is 0 Å². The Morgan fingerprint density at radius 2 is 2.00 bits per heavy atom. The summed E-state index contributed by atoms with van der Waals surface area (Å²) in [7, 11) is 0. The maximum absolute atomic E-state index is 4.05. The third-order valence-corrected chi connectivity index (χ3v) is 3.49. The molecule has 0 saturated heterocycles. The van der Waals surface area contributed by atoms with Gasteiger partial charge in [-0.05, 0) is 42.3 Å². The number of pyridine rings is 1. The van der Waals surface area contributed by atoms with Gasteiger partial charge in [0.1, 0.15) is 0 Å². The predicted molar refractivity (Wildman–Crippen MR) is 77.8 cm³/mol. The van der Waals surface area contributed by atoms with E-state index in [0.29, 0.717) is 6.04 Å². The first-order valence-corrected chi connectivity index (χ1v) is 6.53. The van der Waals surface area contributed by atoms with Gasteiger partial charge in [0.15, 0.2) is 0 Å². The van der Waals surface area contributed by atoms with Crippen LogP contribution in [-0.2, 0) is 6.54 Å². The zero-order valence-corrected chi connectivity index (χ0v) is 10.9. The van der Waals surface area contributed by atoms with Crippen molar-refractivity contribution in [3.05, 3.63) is 66.1 Å². The Morgan fingerprint density at radius 1 is 1.16 bits per heavy atom. The van der Waals surface area contributed by atoms with Gasteiger partial charge in [-0.15, -0.1) is 0 Å². The van der Waals surface area contributed by atoms with Gasteiger partial charge >= 0.3 is 0 Å². The van der Waals surface area contributed by atoms with Gasteiger partial charge < -0.3 is 10.3 Å². The predicted octanol–water partition coefficient (Wildman–Crippen LogP) is 3.41. The topological polar surface area (TPSA) is 40.7 Å². The van der Waals surface area contributed by atoms with E-state index in [9.17, 15) is 0 Å². The molecular formula is C16H17N3. The Kier molecular flexibility index (Phi) is 3.29. The van der Waals surface area contributed by atoms with Crippen molar-refractivity contribution in [1.29, 1.82) is 0 Å². The second-order valence-corrected chi connectivity index (χ2v) is 4.74. The largest absolute Gasteiger partial charge is 0.361 e. The van der Waals surface area contributed by atoms with E-state index in [4.69, 9.17) is 0 Å². The molecule has 0 unspecified atom stereocenters. The maximum Gasteiger partial charge on any atom is 0.0457 e.